The molecule has 22 nitrogen and oxygen atoms in total. The van der Waals surface area contributed by atoms with Gasteiger partial charge in [-0.3, -0.25) is 63.1 Å². The predicted molar refractivity (Wildman–Crippen MR) is 377 cm³/mol. The number of likely N-dealkylation sites (N-methyl/N-ethyl adjacent to an activating group) is 1. The number of aromatic nitrogens is 2. The summed E-state index contributed by atoms with van der Waals surface area (Å²) in [6.07, 6.45) is 6.46. The number of β-amino-alcohol motifs (C(OH)–C–C–N with tert-alkyl or cyclic N) is 1. The van der Waals surface area contributed by atoms with Crippen LogP contribution in [-0.2, 0) is 19.2 Å². The number of aliphatic hydroxyl groups is 2. The molecule has 1 aromatic heterocycles. The molecule has 15 rings (SSSR count). The maximum Gasteiger partial charge on any atom is 0.269 e. The number of aliphatic imine (C=N–C) groups is 4. The number of hydrogen-bond donors (Lipinski definition) is 2. The molecule has 2 saturated heterocycles. The molecule has 30 heteroatoms. The van der Waals surface area contributed by atoms with Gasteiger partial charge in [0.2, 0.25) is 29.8 Å². The van der Waals surface area contributed by atoms with Gasteiger partial charge in [0.25, 0.3) is 29.2 Å². The Morgan fingerprint density at radius 1 is 0.410 bits per heavy atom. The van der Waals surface area contributed by atoms with E-state index in [-0.39, 0.29) is 102 Å². The number of nitrogens with zero attached hydrogens (tertiary/aromatic N) is 15. The Labute approximate surface area is 598 Å². The van der Waals surface area contributed by atoms with Crippen molar-refractivity contribution in [2.24, 2.45) is 20.0 Å². The Balaban J connectivity index is 0.000000126. The quantitative estimate of drug-likeness (QED) is 0.154. The molecule has 2 N–H and O–H groups in total. The topological polar surface area (TPSA) is 222 Å². The third-order valence-corrected chi connectivity index (χ3v) is 19.7. The third kappa shape index (κ3) is 15.5. The summed E-state index contributed by atoms with van der Waals surface area (Å²) in [6, 6.07) is 30.4. The van der Waals surface area contributed by atoms with Crippen LogP contribution in [-0.4, -0.2) is 200 Å². The minimum atomic E-state index is -1.09. The van der Waals surface area contributed by atoms with Crippen LogP contribution >= 0.6 is 47.8 Å². The highest BCUT2D eigenvalue weighted by Gasteiger charge is 2.44. The molecule has 0 radical (unpaired) electrons. The van der Waals surface area contributed by atoms with Crippen LogP contribution < -0.4 is 10.5 Å². The highest BCUT2D eigenvalue weighted by Crippen LogP contribution is 2.38. The fraction of sp³-hybridized carbons (Fsp3) is 0.343. The number of aliphatic hydroxyl groups excluding tert-OH is 2. The number of guanidine groups is 4. The maximum absolute atomic E-state index is 13.1. The minimum absolute atomic E-state index is 0.102. The number of anilines is 1. The molecule has 0 bridgehead atoms. The molecule has 0 spiro atoms. The van der Waals surface area contributed by atoms with Crippen molar-refractivity contribution in [2.75, 3.05) is 86.0 Å². The Hall–Kier alpha value is -8.97. The van der Waals surface area contributed by atoms with Crippen LogP contribution in [0.4, 0.5) is 27.9 Å². The Morgan fingerprint density at radius 3 is 1.17 bits per heavy atom. The van der Waals surface area contributed by atoms with E-state index in [2.05, 4.69) is 72.7 Å². The lowest BCUT2D eigenvalue weighted by molar-refractivity contribution is -0.142. The Kier molecular flexibility index (Phi) is 22.6. The molecule has 10 heterocycles. The standard InChI is InChI=1S/3C14H13BrFN3O.2C14H16FN3O2/c1-18-7-6-12(9-2-4-10(16)5-3-9)19-13(20)11(15)8-17-14(18)19;2*1-18-8-11(15)13(20)19-12(6-7-17-14(18)19)9-2-4-10(16)5-3-9;1-17-7-6-11(9-2-4-10(15)5-3-9)18-13(20)12(19)8-16-14(17)18;1-17-8-12(19)13(20)18-11(6-7-16-14(17)18)9-2-4-10(15)5-3-9/h3*2-5,8,12H,6-7H2,1H3;2*2-5,11-12,19H,6-8H2,1H3. The third-order valence-electron chi connectivity index (χ3n) is 18.1. The van der Waals surface area contributed by atoms with Gasteiger partial charge in [-0.05, 0) is 168 Å². The van der Waals surface area contributed by atoms with Gasteiger partial charge in [-0.2, -0.15) is 0 Å². The van der Waals surface area contributed by atoms with E-state index < -0.39 is 12.2 Å². The van der Waals surface area contributed by atoms with E-state index in [0.717, 1.165) is 66.6 Å². The number of carbonyl (C=O) groups excluding carboxylic acids is 4. The van der Waals surface area contributed by atoms with Crippen LogP contribution in [0.2, 0.25) is 0 Å². The van der Waals surface area contributed by atoms with Crippen molar-refractivity contribution < 1.29 is 51.3 Å². The molecule has 100 heavy (non-hydrogen) atoms. The van der Waals surface area contributed by atoms with E-state index >= 15 is 0 Å². The van der Waals surface area contributed by atoms with Crippen molar-refractivity contribution in [2.45, 2.75) is 74.5 Å². The SMILES string of the molecule is CN1C=C(Br)C(=O)N2C1=NCCC2c1ccc(F)cc1.CN1C=C(Br)C(=O)N2C1=NCCC2c1ccc(F)cc1.CN1CC(O)C(=O)N2C1=NCCC2c1ccc(F)cc1.CN1CCC(c2ccc(F)cc2)N2C(=O)C(O)CN=C12.CN1CCC(c2ccc(F)cc2)n2c1ncc(Br)c2=O. The second kappa shape index (κ2) is 31.3. The first-order valence-electron chi connectivity index (χ1n) is 32.1. The molecule has 7 unspecified atom stereocenters. The molecule has 9 aliphatic heterocycles. The largest absolute Gasteiger partial charge is 0.381 e. The molecule has 524 valence electrons. The van der Waals surface area contributed by atoms with Gasteiger partial charge in [0.05, 0.1) is 58.5 Å². The molecular formula is C70H71Br3F5N15O7. The Bertz CT molecular complexity index is 4130. The number of carbonyl (C=O) groups is 4. The van der Waals surface area contributed by atoms with Crippen LogP contribution in [0.1, 0.15) is 90.1 Å². The zero-order valence-corrected chi connectivity index (χ0v) is 59.7. The van der Waals surface area contributed by atoms with Gasteiger partial charge in [-0.25, -0.2) is 31.9 Å². The van der Waals surface area contributed by atoms with Crippen LogP contribution in [0.5, 0.6) is 0 Å². The van der Waals surface area contributed by atoms with Gasteiger partial charge in [0.1, 0.15) is 33.6 Å². The smallest absolute Gasteiger partial charge is 0.269 e. The number of fused-ring (bicyclic) bond motifs is 5. The normalized spacial score (nSPS) is 23.1. The van der Waals surface area contributed by atoms with Gasteiger partial charge in [-0.15, -0.1) is 0 Å². The number of hydrogen-bond acceptors (Lipinski definition) is 17. The monoisotopic (exact) mass is 1570 g/mol. The molecule has 6 aromatic rings. The van der Waals surface area contributed by atoms with Crippen molar-refractivity contribution in [3.63, 3.8) is 0 Å². The second-order valence-corrected chi connectivity index (χ2v) is 27.3. The molecular weight excluding hydrogens is 1500 g/mol. The summed E-state index contributed by atoms with van der Waals surface area (Å²) in [5, 5.41) is 19.6. The fourth-order valence-electron chi connectivity index (χ4n) is 13.1. The van der Waals surface area contributed by atoms with E-state index in [1.807, 2.05) is 47.8 Å². The van der Waals surface area contributed by atoms with Crippen LogP contribution in [0.15, 0.2) is 178 Å². The fourth-order valence-corrected chi connectivity index (χ4v) is 14.4. The van der Waals surface area contributed by atoms with E-state index in [9.17, 15) is 56.1 Å². The number of halogens is 8. The van der Waals surface area contributed by atoms with Crippen LogP contribution in [0.3, 0.4) is 0 Å². The van der Waals surface area contributed by atoms with Gasteiger partial charge in [0, 0.05) is 80.4 Å². The van der Waals surface area contributed by atoms with Crippen molar-refractivity contribution in [1.29, 1.82) is 0 Å². The zero-order valence-electron chi connectivity index (χ0n) is 55.0. The lowest BCUT2D eigenvalue weighted by Gasteiger charge is -2.44. The Morgan fingerprint density at radius 2 is 0.750 bits per heavy atom. The summed E-state index contributed by atoms with van der Waals surface area (Å²) in [5.41, 5.74) is 4.36. The number of rotatable bonds is 5. The van der Waals surface area contributed by atoms with Gasteiger partial charge in [-0.1, -0.05) is 60.7 Å². The van der Waals surface area contributed by atoms with Crippen molar-refractivity contribution in [3.05, 3.63) is 221 Å². The highest BCUT2D eigenvalue weighted by molar-refractivity contribution is 9.12. The van der Waals surface area contributed by atoms with Gasteiger partial charge < -0.3 is 34.7 Å². The molecule has 0 saturated carbocycles. The van der Waals surface area contributed by atoms with Crippen LogP contribution in [0, 0.1) is 29.1 Å². The number of amides is 4. The van der Waals surface area contributed by atoms with E-state index in [4.69, 9.17) is 0 Å². The summed E-state index contributed by atoms with van der Waals surface area (Å²) in [7, 11) is 9.29. The molecule has 0 aliphatic carbocycles. The summed E-state index contributed by atoms with van der Waals surface area (Å²) >= 11 is 9.79. The first-order chi connectivity index (χ1) is 47.9. The first-order valence-corrected chi connectivity index (χ1v) is 34.5. The predicted octanol–water partition coefficient (Wildman–Crippen LogP) is 9.37. The van der Waals surface area contributed by atoms with Crippen LogP contribution in [0.25, 0.3) is 0 Å². The average Bonchev–Trinajstić information content (AvgIpc) is 0.804. The summed E-state index contributed by atoms with van der Waals surface area (Å²) in [4.78, 5) is 99.1. The molecule has 5 aromatic carbocycles. The van der Waals surface area contributed by atoms with Gasteiger partial charge >= 0.3 is 0 Å². The molecule has 7 atom stereocenters. The average molecular weight is 1570 g/mol. The molecule has 2 fully saturated rings. The molecule has 4 amide bonds. The van der Waals surface area contributed by atoms with E-state index in [0.29, 0.717) is 69.3 Å². The van der Waals surface area contributed by atoms with Crippen molar-refractivity contribution in [1.82, 2.24) is 48.8 Å². The minimum Gasteiger partial charge on any atom is -0.381 e. The number of benzene rings is 5. The summed E-state index contributed by atoms with van der Waals surface area (Å²) in [5.74, 6) is 0.738. The van der Waals surface area contributed by atoms with Gasteiger partial charge in [0.15, 0.2) is 12.2 Å². The summed E-state index contributed by atoms with van der Waals surface area (Å²) in [6.45, 7) is 3.84. The second-order valence-electron chi connectivity index (χ2n) is 24.7. The lowest BCUT2D eigenvalue weighted by atomic mass is 9.98. The lowest BCUT2D eigenvalue weighted by Crippen LogP contribution is -2.60. The van der Waals surface area contributed by atoms with E-state index in [1.165, 1.54) is 76.7 Å². The summed E-state index contributed by atoms with van der Waals surface area (Å²) < 4.78 is 68.3. The highest BCUT2D eigenvalue weighted by atomic mass is 79.9. The van der Waals surface area contributed by atoms with Crippen molar-refractivity contribution >= 4 is 101 Å². The zero-order chi connectivity index (χ0) is 71.4. The van der Waals surface area contributed by atoms with Crippen molar-refractivity contribution in [3.8, 4) is 0 Å². The first kappa shape index (κ1) is 72.3. The maximum atomic E-state index is 13.1. The molecule has 9 aliphatic rings. The van der Waals surface area contributed by atoms with E-state index in [1.54, 1.807) is 99.4 Å².